The van der Waals surface area contributed by atoms with Crippen molar-refractivity contribution in [1.29, 1.82) is 0 Å². The van der Waals surface area contributed by atoms with Crippen molar-refractivity contribution in [2.24, 2.45) is 0 Å². The number of hydrogen-bond acceptors (Lipinski definition) is 2. The molecule has 0 aromatic carbocycles. The number of aromatic nitrogens is 1. The standard InChI is InChI=1S/C14H19N3O/c1-11-5-6-12(9-15-11)17-10-14(16-13(17)18)7-3-2-4-8-14/h5-6,9H,2-4,7-8,10H2,1H3,(H,16,18). The van der Waals surface area contributed by atoms with Gasteiger partial charge in [0.25, 0.3) is 0 Å². The Morgan fingerprint density at radius 2 is 2.06 bits per heavy atom. The quantitative estimate of drug-likeness (QED) is 0.826. The molecule has 1 spiro atoms. The van der Waals surface area contributed by atoms with Crippen LogP contribution in [0.15, 0.2) is 18.3 Å². The van der Waals surface area contributed by atoms with E-state index in [1.807, 2.05) is 24.0 Å². The first-order chi connectivity index (χ1) is 8.69. The lowest BCUT2D eigenvalue weighted by Crippen LogP contribution is -2.44. The van der Waals surface area contributed by atoms with Crippen LogP contribution in [0, 0.1) is 6.92 Å². The molecule has 18 heavy (non-hydrogen) atoms. The second-order valence-corrected chi connectivity index (χ2v) is 5.52. The zero-order chi connectivity index (χ0) is 12.6. The maximum absolute atomic E-state index is 12.1. The van der Waals surface area contributed by atoms with E-state index in [2.05, 4.69) is 10.3 Å². The number of pyridine rings is 1. The third-order valence-corrected chi connectivity index (χ3v) is 4.10. The zero-order valence-corrected chi connectivity index (χ0v) is 10.8. The van der Waals surface area contributed by atoms with Gasteiger partial charge < -0.3 is 5.32 Å². The number of nitrogens with zero attached hydrogens (tertiary/aromatic N) is 2. The van der Waals surface area contributed by atoms with Crippen molar-refractivity contribution in [2.75, 3.05) is 11.4 Å². The van der Waals surface area contributed by atoms with E-state index < -0.39 is 0 Å². The minimum absolute atomic E-state index is 0.0141. The van der Waals surface area contributed by atoms with Crippen molar-refractivity contribution >= 4 is 11.7 Å². The Morgan fingerprint density at radius 1 is 1.28 bits per heavy atom. The van der Waals surface area contributed by atoms with Crippen LogP contribution in [-0.2, 0) is 0 Å². The van der Waals surface area contributed by atoms with Crippen LogP contribution in [0.4, 0.5) is 10.5 Å². The molecule has 0 radical (unpaired) electrons. The van der Waals surface area contributed by atoms with Gasteiger partial charge in [-0.3, -0.25) is 9.88 Å². The molecule has 4 nitrogen and oxygen atoms in total. The molecule has 0 bridgehead atoms. The highest BCUT2D eigenvalue weighted by Gasteiger charge is 2.43. The molecule has 1 aromatic heterocycles. The summed E-state index contributed by atoms with van der Waals surface area (Å²) < 4.78 is 0. The van der Waals surface area contributed by atoms with Crippen LogP contribution in [0.5, 0.6) is 0 Å². The number of carbonyl (C=O) groups excluding carboxylic acids is 1. The Balaban J connectivity index is 1.82. The number of anilines is 1. The van der Waals surface area contributed by atoms with Crippen molar-refractivity contribution < 1.29 is 4.79 Å². The molecule has 1 aromatic rings. The van der Waals surface area contributed by atoms with Crippen LogP contribution in [0.2, 0.25) is 0 Å². The van der Waals surface area contributed by atoms with Crippen molar-refractivity contribution in [2.45, 2.75) is 44.6 Å². The molecule has 1 saturated carbocycles. The topological polar surface area (TPSA) is 45.2 Å². The van der Waals surface area contributed by atoms with Gasteiger partial charge in [0.15, 0.2) is 0 Å². The molecule has 0 atom stereocenters. The molecule has 2 aliphatic rings. The van der Waals surface area contributed by atoms with Crippen LogP contribution in [-0.4, -0.2) is 23.1 Å². The summed E-state index contributed by atoms with van der Waals surface area (Å²) in [4.78, 5) is 18.2. The molecule has 2 amide bonds. The molecule has 1 aliphatic heterocycles. The molecule has 1 aliphatic carbocycles. The average Bonchev–Trinajstić information content (AvgIpc) is 2.68. The van der Waals surface area contributed by atoms with Gasteiger partial charge in [0.1, 0.15) is 0 Å². The van der Waals surface area contributed by atoms with E-state index in [-0.39, 0.29) is 11.6 Å². The minimum Gasteiger partial charge on any atom is -0.330 e. The first-order valence-electron chi connectivity index (χ1n) is 6.71. The van der Waals surface area contributed by atoms with Gasteiger partial charge in [-0.15, -0.1) is 0 Å². The van der Waals surface area contributed by atoms with E-state index in [0.29, 0.717) is 0 Å². The molecule has 2 heterocycles. The number of rotatable bonds is 1. The van der Waals surface area contributed by atoms with Crippen LogP contribution >= 0.6 is 0 Å². The summed E-state index contributed by atoms with van der Waals surface area (Å²) in [6.07, 6.45) is 7.74. The van der Waals surface area contributed by atoms with E-state index in [1.165, 1.54) is 19.3 Å². The summed E-state index contributed by atoms with van der Waals surface area (Å²) in [6, 6.07) is 3.96. The zero-order valence-electron chi connectivity index (χ0n) is 10.8. The molecule has 2 fully saturated rings. The highest BCUT2D eigenvalue weighted by atomic mass is 16.2. The van der Waals surface area contributed by atoms with Crippen molar-refractivity contribution in [3.05, 3.63) is 24.0 Å². The Labute approximate surface area is 107 Å². The lowest BCUT2D eigenvalue weighted by molar-refractivity contribution is 0.237. The average molecular weight is 245 g/mol. The van der Waals surface area contributed by atoms with Crippen LogP contribution < -0.4 is 10.2 Å². The number of amides is 2. The summed E-state index contributed by atoms with van der Waals surface area (Å²) in [5, 5.41) is 3.19. The fourth-order valence-corrected chi connectivity index (χ4v) is 3.05. The SMILES string of the molecule is Cc1ccc(N2CC3(CCCCC3)NC2=O)cn1. The van der Waals surface area contributed by atoms with E-state index in [1.54, 1.807) is 6.20 Å². The number of carbonyl (C=O) groups is 1. The summed E-state index contributed by atoms with van der Waals surface area (Å²) in [6.45, 7) is 2.74. The molecule has 0 unspecified atom stereocenters. The van der Waals surface area contributed by atoms with E-state index in [0.717, 1.165) is 30.8 Å². The lowest BCUT2D eigenvalue weighted by atomic mass is 9.82. The fraction of sp³-hybridized carbons (Fsp3) is 0.571. The Hall–Kier alpha value is -1.58. The van der Waals surface area contributed by atoms with Gasteiger partial charge in [-0.05, 0) is 31.9 Å². The second kappa shape index (κ2) is 4.26. The predicted molar refractivity (Wildman–Crippen MR) is 70.7 cm³/mol. The van der Waals surface area contributed by atoms with Crippen LogP contribution in [0.3, 0.4) is 0 Å². The normalized spacial score (nSPS) is 22.3. The summed E-state index contributed by atoms with van der Waals surface area (Å²) >= 11 is 0. The van der Waals surface area contributed by atoms with Gasteiger partial charge in [-0.2, -0.15) is 0 Å². The maximum atomic E-state index is 12.1. The van der Waals surface area contributed by atoms with Gasteiger partial charge in [0.05, 0.1) is 24.0 Å². The number of hydrogen-bond donors (Lipinski definition) is 1. The summed E-state index contributed by atoms with van der Waals surface area (Å²) in [7, 11) is 0. The molecular weight excluding hydrogens is 226 g/mol. The first-order valence-corrected chi connectivity index (χ1v) is 6.71. The number of aryl methyl sites for hydroxylation is 1. The number of nitrogens with one attached hydrogen (secondary N) is 1. The van der Waals surface area contributed by atoms with Crippen LogP contribution in [0.1, 0.15) is 37.8 Å². The lowest BCUT2D eigenvalue weighted by Gasteiger charge is -2.32. The third-order valence-electron chi connectivity index (χ3n) is 4.10. The second-order valence-electron chi connectivity index (χ2n) is 5.52. The number of urea groups is 1. The van der Waals surface area contributed by atoms with Crippen molar-refractivity contribution in [3.8, 4) is 0 Å². The molecule has 4 heteroatoms. The van der Waals surface area contributed by atoms with Gasteiger partial charge in [0.2, 0.25) is 0 Å². The van der Waals surface area contributed by atoms with E-state index in [4.69, 9.17) is 0 Å². The van der Waals surface area contributed by atoms with Gasteiger partial charge in [-0.1, -0.05) is 19.3 Å². The van der Waals surface area contributed by atoms with Gasteiger partial charge in [-0.25, -0.2) is 4.79 Å². The van der Waals surface area contributed by atoms with Gasteiger partial charge >= 0.3 is 6.03 Å². The Bertz CT molecular complexity index is 449. The van der Waals surface area contributed by atoms with E-state index in [9.17, 15) is 4.79 Å². The first kappa shape index (κ1) is 11.5. The third kappa shape index (κ3) is 1.96. The van der Waals surface area contributed by atoms with E-state index >= 15 is 0 Å². The predicted octanol–water partition coefficient (Wildman–Crippen LogP) is 2.62. The van der Waals surface area contributed by atoms with Crippen LogP contribution in [0.25, 0.3) is 0 Å². The summed E-state index contributed by atoms with van der Waals surface area (Å²) in [5.41, 5.74) is 1.89. The highest BCUT2D eigenvalue weighted by Crippen LogP contribution is 2.34. The molecule has 1 N–H and O–H groups in total. The molecular formula is C14H19N3O. The van der Waals surface area contributed by atoms with Crippen molar-refractivity contribution in [3.63, 3.8) is 0 Å². The largest absolute Gasteiger partial charge is 0.330 e. The smallest absolute Gasteiger partial charge is 0.322 e. The highest BCUT2D eigenvalue weighted by molar-refractivity contribution is 5.95. The molecule has 3 rings (SSSR count). The fourth-order valence-electron chi connectivity index (χ4n) is 3.05. The van der Waals surface area contributed by atoms with Gasteiger partial charge in [0, 0.05) is 5.69 Å². The minimum atomic E-state index is 0.0141. The molecule has 96 valence electrons. The maximum Gasteiger partial charge on any atom is 0.322 e. The van der Waals surface area contributed by atoms with Crippen molar-refractivity contribution in [1.82, 2.24) is 10.3 Å². The molecule has 1 saturated heterocycles. The monoisotopic (exact) mass is 245 g/mol. The Kier molecular flexibility index (Phi) is 2.73. The summed E-state index contributed by atoms with van der Waals surface area (Å²) in [5.74, 6) is 0. The Morgan fingerprint density at radius 3 is 2.72 bits per heavy atom.